The summed E-state index contributed by atoms with van der Waals surface area (Å²) in [6.07, 6.45) is 3.45. The van der Waals surface area contributed by atoms with Gasteiger partial charge < -0.3 is 5.73 Å². The van der Waals surface area contributed by atoms with Gasteiger partial charge in [-0.2, -0.15) is 11.8 Å². The van der Waals surface area contributed by atoms with Crippen LogP contribution in [0.1, 0.15) is 6.42 Å². The number of hydrogen-bond donors (Lipinski definition) is 1. The molecule has 0 spiro atoms. The van der Waals surface area contributed by atoms with Crippen molar-refractivity contribution in [3.05, 3.63) is 11.6 Å². The Hall–Kier alpha value is 0.0500. The molecule has 1 nitrogen and oxygen atoms in total. The molecule has 8 heavy (non-hydrogen) atoms. The van der Waals surface area contributed by atoms with Crippen molar-refractivity contribution < 1.29 is 0 Å². The summed E-state index contributed by atoms with van der Waals surface area (Å²) in [5.74, 6) is 2.44. The molecule has 0 aromatic rings. The van der Waals surface area contributed by atoms with Crippen molar-refractivity contribution in [2.24, 2.45) is 5.73 Å². The smallest absolute Gasteiger partial charge is 0.0137 e. The maximum atomic E-state index is 5.43. The largest absolute Gasteiger partial charge is 0.327 e. The topological polar surface area (TPSA) is 26.0 Å². The maximum absolute atomic E-state index is 5.43. The number of rotatable bonds is 1. The maximum Gasteiger partial charge on any atom is 0.0137 e. The Balaban J connectivity index is 2.37. The molecule has 2 heteroatoms. The molecule has 0 unspecified atom stereocenters. The van der Waals surface area contributed by atoms with Gasteiger partial charge in [-0.15, -0.1) is 0 Å². The number of thioether (sulfide) groups is 1. The third-order valence-corrected chi connectivity index (χ3v) is 2.21. The Morgan fingerprint density at radius 3 is 3.00 bits per heavy atom. The van der Waals surface area contributed by atoms with Gasteiger partial charge >= 0.3 is 0 Å². The number of nitrogens with two attached hydrogens (primary N) is 1. The Bertz CT molecular complexity index is 98.7. The summed E-state index contributed by atoms with van der Waals surface area (Å²) >= 11 is 1.98. The fourth-order valence-electron chi connectivity index (χ4n) is 0.751. The van der Waals surface area contributed by atoms with Crippen LogP contribution in [0.15, 0.2) is 11.6 Å². The molecule has 0 aromatic carbocycles. The fraction of sp³-hybridized carbons (Fsp3) is 0.667. The second kappa shape index (κ2) is 3.15. The highest BCUT2D eigenvalue weighted by Crippen LogP contribution is 2.14. The van der Waals surface area contributed by atoms with Gasteiger partial charge in [-0.1, -0.05) is 11.6 Å². The lowest BCUT2D eigenvalue weighted by Gasteiger charge is -2.08. The molecule has 1 aliphatic heterocycles. The van der Waals surface area contributed by atoms with Crippen molar-refractivity contribution in [2.45, 2.75) is 6.42 Å². The molecule has 0 radical (unpaired) electrons. The van der Waals surface area contributed by atoms with Gasteiger partial charge in [0.2, 0.25) is 0 Å². The van der Waals surface area contributed by atoms with Crippen LogP contribution in [0.4, 0.5) is 0 Å². The van der Waals surface area contributed by atoms with Crippen LogP contribution < -0.4 is 5.73 Å². The van der Waals surface area contributed by atoms with E-state index < -0.39 is 0 Å². The van der Waals surface area contributed by atoms with Crippen LogP contribution >= 0.6 is 11.8 Å². The van der Waals surface area contributed by atoms with E-state index >= 15 is 0 Å². The van der Waals surface area contributed by atoms with E-state index in [1.54, 1.807) is 0 Å². The Labute approximate surface area is 54.3 Å². The van der Waals surface area contributed by atoms with Gasteiger partial charge in [-0.25, -0.2) is 0 Å². The van der Waals surface area contributed by atoms with Crippen LogP contribution in [0.3, 0.4) is 0 Å². The van der Waals surface area contributed by atoms with Crippen molar-refractivity contribution in [3.8, 4) is 0 Å². The van der Waals surface area contributed by atoms with Gasteiger partial charge in [0, 0.05) is 12.3 Å². The molecular formula is C6H11NS. The third kappa shape index (κ3) is 1.53. The number of hydrogen-bond acceptors (Lipinski definition) is 2. The first-order chi connectivity index (χ1) is 3.93. The normalized spacial score (nSPS) is 20.4. The standard InChI is InChI=1S/C6H11NS/c7-5-6-1-3-8-4-2-6/h1H,2-5,7H2. The highest BCUT2D eigenvalue weighted by molar-refractivity contribution is 7.99. The average molecular weight is 129 g/mol. The van der Waals surface area contributed by atoms with E-state index in [4.69, 9.17) is 5.73 Å². The lowest BCUT2D eigenvalue weighted by molar-refractivity contribution is 1.00. The van der Waals surface area contributed by atoms with Gasteiger partial charge in [0.15, 0.2) is 0 Å². The van der Waals surface area contributed by atoms with Crippen molar-refractivity contribution in [2.75, 3.05) is 18.1 Å². The molecule has 1 rings (SSSR count). The highest BCUT2D eigenvalue weighted by atomic mass is 32.2. The van der Waals surface area contributed by atoms with E-state index in [-0.39, 0.29) is 0 Å². The van der Waals surface area contributed by atoms with E-state index in [0.29, 0.717) is 0 Å². The van der Waals surface area contributed by atoms with E-state index in [2.05, 4.69) is 6.08 Å². The second-order valence-corrected chi connectivity index (χ2v) is 3.04. The second-order valence-electron chi connectivity index (χ2n) is 1.89. The molecule has 1 heterocycles. The van der Waals surface area contributed by atoms with Crippen molar-refractivity contribution >= 4 is 11.8 Å². The fourth-order valence-corrected chi connectivity index (χ4v) is 1.68. The molecule has 0 aliphatic carbocycles. The first-order valence-corrected chi connectivity index (χ1v) is 4.04. The minimum absolute atomic E-state index is 0.764. The predicted octanol–water partition coefficient (Wildman–Crippen LogP) is 1.01. The molecule has 0 atom stereocenters. The summed E-state index contributed by atoms with van der Waals surface area (Å²) in [7, 11) is 0. The minimum atomic E-state index is 0.764. The molecule has 2 N–H and O–H groups in total. The Kier molecular flexibility index (Phi) is 2.43. The van der Waals surface area contributed by atoms with E-state index in [9.17, 15) is 0 Å². The summed E-state index contributed by atoms with van der Waals surface area (Å²) in [5.41, 5.74) is 6.86. The van der Waals surface area contributed by atoms with Gasteiger partial charge in [0.25, 0.3) is 0 Å². The molecule has 0 amide bonds. The van der Waals surface area contributed by atoms with Crippen LogP contribution in [-0.4, -0.2) is 18.1 Å². The SMILES string of the molecule is NCC1=CCSCC1. The molecular weight excluding hydrogens is 118 g/mol. The van der Waals surface area contributed by atoms with E-state index in [0.717, 1.165) is 6.54 Å². The zero-order valence-electron chi connectivity index (χ0n) is 4.89. The molecule has 46 valence electrons. The zero-order chi connectivity index (χ0) is 5.82. The van der Waals surface area contributed by atoms with Gasteiger partial charge in [-0.3, -0.25) is 0 Å². The van der Waals surface area contributed by atoms with Crippen LogP contribution in [0.25, 0.3) is 0 Å². The molecule has 0 bridgehead atoms. The van der Waals surface area contributed by atoms with Gasteiger partial charge in [0.1, 0.15) is 0 Å². The summed E-state index contributed by atoms with van der Waals surface area (Å²) < 4.78 is 0. The zero-order valence-corrected chi connectivity index (χ0v) is 5.71. The summed E-state index contributed by atoms with van der Waals surface area (Å²) in [6.45, 7) is 0.764. The van der Waals surface area contributed by atoms with Crippen LogP contribution in [0.2, 0.25) is 0 Å². The lowest BCUT2D eigenvalue weighted by atomic mass is 10.2. The third-order valence-electron chi connectivity index (χ3n) is 1.32. The quantitative estimate of drug-likeness (QED) is 0.535. The molecule has 0 aromatic heterocycles. The highest BCUT2D eigenvalue weighted by Gasteiger charge is 1.99. The molecule has 0 saturated carbocycles. The first-order valence-electron chi connectivity index (χ1n) is 2.89. The average Bonchev–Trinajstić information content (AvgIpc) is 1.90. The van der Waals surface area contributed by atoms with Gasteiger partial charge in [-0.05, 0) is 12.2 Å². The van der Waals surface area contributed by atoms with E-state index in [1.165, 1.54) is 23.5 Å². The lowest BCUT2D eigenvalue weighted by Crippen LogP contribution is -2.07. The summed E-state index contributed by atoms with van der Waals surface area (Å²) in [6, 6.07) is 0. The Morgan fingerprint density at radius 1 is 1.75 bits per heavy atom. The van der Waals surface area contributed by atoms with E-state index in [1.807, 2.05) is 11.8 Å². The van der Waals surface area contributed by atoms with Crippen molar-refractivity contribution in [1.82, 2.24) is 0 Å². The summed E-state index contributed by atoms with van der Waals surface area (Å²) in [5, 5.41) is 0. The minimum Gasteiger partial charge on any atom is -0.327 e. The summed E-state index contributed by atoms with van der Waals surface area (Å²) in [4.78, 5) is 0. The van der Waals surface area contributed by atoms with Crippen molar-refractivity contribution in [3.63, 3.8) is 0 Å². The molecule has 1 aliphatic rings. The van der Waals surface area contributed by atoms with Crippen LogP contribution in [-0.2, 0) is 0 Å². The predicted molar refractivity (Wildman–Crippen MR) is 39.1 cm³/mol. The Morgan fingerprint density at radius 2 is 2.62 bits per heavy atom. The van der Waals surface area contributed by atoms with Crippen molar-refractivity contribution in [1.29, 1.82) is 0 Å². The molecule has 0 saturated heterocycles. The van der Waals surface area contributed by atoms with Crippen LogP contribution in [0, 0.1) is 0 Å². The monoisotopic (exact) mass is 129 g/mol. The van der Waals surface area contributed by atoms with Gasteiger partial charge in [0.05, 0.1) is 0 Å². The van der Waals surface area contributed by atoms with Crippen LogP contribution in [0.5, 0.6) is 0 Å². The first kappa shape index (κ1) is 6.17. The molecule has 0 fully saturated rings.